The highest BCUT2D eigenvalue weighted by Gasteiger charge is 2.24. The van der Waals surface area contributed by atoms with Gasteiger partial charge in [0, 0.05) is 19.3 Å². The molecular weight excluding hydrogens is 294 g/mol. The molecule has 1 aliphatic rings. The van der Waals surface area contributed by atoms with Crippen molar-refractivity contribution >= 4 is 32.3 Å². The summed E-state index contributed by atoms with van der Waals surface area (Å²) in [5.41, 5.74) is 8.00. The zero-order valence-corrected chi connectivity index (χ0v) is 13.7. The Kier molecular flexibility index (Phi) is 3.22. The van der Waals surface area contributed by atoms with Gasteiger partial charge in [-0.15, -0.1) is 0 Å². The van der Waals surface area contributed by atoms with Crippen LogP contribution in [0.15, 0.2) is 54.6 Å². The molecule has 0 amide bonds. The minimum atomic E-state index is 0.0819. The van der Waals surface area contributed by atoms with E-state index in [1.54, 1.807) is 0 Å². The van der Waals surface area contributed by atoms with Gasteiger partial charge in [-0.25, -0.2) is 0 Å². The summed E-state index contributed by atoms with van der Waals surface area (Å²) < 4.78 is 5.51. The van der Waals surface area contributed by atoms with Gasteiger partial charge in [0.2, 0.25) is 0 Å². The molecule has 1 heterocycles. The molecule has 120 valence electrons. The topological polar surface area (TPSA) is 35.2 Å². The van der Waals surface area contributed by atoms with Gasteiger partial charge in [-0.05, 0) is 56.6 Å². The molecule has 2 heteroatoms. The molecule has 0 aromatic heterocycles. The molecule has 0 unspecified atom stereocenters. The van der Waals surface area contributed by atoms with E-state index in [0.717, 1.165) is 26.1 Å². The Bertz CT molecular complexity index is 1000. The third-order valence-electron chi connectivity index (χ3n) is 5.70. The SMILES string of the molecule is N[C@H](c1ccc2ccc3cccc4ccc1c2c34)C1CCOCC1. The van der Waals surface area contributed by atoms with Crippen molar-refractivity contribution in [2.24, 2.45) is 11.7 Å². The van der Waals surface area contributed by atoms with E-state index >= 15 is 0 Å². The van der Waals surface area contributed by atoms with E-state index in [4.69, 9.17) is 10.5 Å². The molecule has 2 N–H and O–H groups in total. The van der Waals surface area contributed by atoms with E-state index in [1.165, 1.54) is 37.9 Å². The van der Waals surface area contributed by atoms with E-state index in [2.05, 4.69) is 54.6 Å². The maximum atomic E-state index is 6.71. The molecule has 1 aliphatic heterocycles. The van der Waals surface area contributed by atoms with Crippen LogP contribution >= 0.6 is 0 Å². The molecule has 4 aromatic rings. The fraction of sp³-hybridized carbons (Fsp3) is 0.273. The van der Waals surface area contributed by atoms with Crippen LogP contribution in [0.4, 0.5) is 0 Å². The molecule has 2 nitrogen and oxygen atoms in total. The van der Waals surface area contributed by atoms with E-state index in [-0.39, 0.29) is 6.04 Å². The number of rotatable bonds is 2. The zero-order chi connectivity index (χ0) is 16.1. The van der Waals surface area contributed by atoms with Crippen molar-refractivity contribution in [1.82, 2.24) is 0 Å². The molecule has 0 saturated carbocycles. The third-order valence-corrected chi connectivity index (χ3v) is 5.70. The van der Waals surface area contributed by atoms with Gasteiger partial charge in [0.1, 0.15) is 0 Å². The number of hydrogen-bond donors (Lipinski definition) is 1. The molecule has 0 spiro atoms. The first-order valence-corrected chi connectivity index (χ1v) is 8.83. The standard InChI is InChI=1S/C22H21NO/c23-22(17-10-12-24-13-11-17)19-9-7-16-5-4-14-2-1-3-15-6-8-18(19)21(16)20(14)15/h1-9,17,22H,10-13,23H2/t22-/m0/s1. The lowest BCUT2D eigenvalue weighted by molar-refractivity contribution is 0.0585. The van der Waals surface area contributed by atoms with E-state index in [0.29, 0.717) is 5.92 Å². The number of benzene rings is 4. The van der Waals surface area contributed by atoms with Crippen LogP contribution in [-0.4, -0.2) is 13.2 Å². The van der Waals surface area contributed by atoms with Gasteiger partial charge < -0.3 is 10.5 Å². The van der Waals surface area contributed by atoms with Crippen LogP contribution in [0.3, 0.4) is 0 Å². The van der Waals surface area contributed by atoms with Crippen molar-refractivity contribution < 1.29 is 4.74 Å². The smallest absolute Gasteiger partial charge is 0.0469 e. The van der Waals surface area contributed by atoms with Gasteiger partial charge in [0.05, 0.1) is 0 Å². The lowest BCUT2D eigenvalue weighted by atomic mass is 9.83. The maximum absolute atomic E-state index is 6.71. The molecule has 0 bridgehead atoms. The minimum absolute atomic E-state index is 0.0819. The second-order valence-electron chi connectivity index (χ2n) is 6.99. The van der Waals surface area contributed by atoms with Gasteiger partial charge in [-0.3, -0.25) is 0 Å². The van der Waals surface area contributed by atoms with Crippen molar-refractivity contribution in [3.63, 3.8) is 0 Å². The fourth-order valence-corrected chi connectivity index (χ4v) is 4.38. The Morgan fingerprint density at radius 1 is 0.792 bits per heavy atom. The number of hydrogen-bond acceptors (Lipinski definition) is 2. The van der Waals surface area contributed by atoms with E-state index in [1.807, 2.05) is 0 Å². The molecule has 0 aliphatic carbocycles. The van der Waals surface area contributed by atoms with Crippen LogP contribution in [0.2, 0.25) is 0 Å². The molecule has 1 atom stereocenters. The van der Waals surface area contributed by atoms with Gasteiger partial charge in [-0.2, -0.15) is 0 Å². The van der Waals surface area contributed by atoms with Crippen molar-refractivity contribution in [1.29, 1.82) is 0 Å². The summed E-state index contributed by atoms with van der Waals surface area (Å²) >= 11 is 0. The van der Waals surface area contributed by atoms with Gasteiger partial charge >= 0.3 is 0 Å². The summed E-state index contributed by atoms with van der Waals surface area (Å²) in [4.78, 5) is 0. The zero-order valence-electron chi connectivity index (χ0n) is 13.7. The Morgan fingerprint density at radius 2 is 1.42 bits per heavy atom. The predicted octanol–water partition coefficient (Wildman–Crippen LogP) is 5.01. The highest BCUT2D eigenvalue weighted by molar-refractivity contribution is 6.23. The second-order valence-corrected chi connectivity index (χ2v) is 6.99. The average molecular weight is 315 g/mol. The number of ether oxygens (including phenoxy) is 1. The molecule has 1 fully saturated rings. The summed E-state index contributed by atoms with van der Waals surface area (Å²) in [6.45, 7) is 1.67. The van der Waals surface area contributed by atoms with E-state index in [9.17, 15) is 0 Å². The quantitative estimate of drug-likeness (QED) is 0.528. The fourth-order valence-electron chi connectivity index (χ4n) is 4.38. The Morgan fingerprint density at radius 3 is 2.17 bits per heavy atom. The van der Waals surface area contributed by atoms with Crippen LogP contribution in [0.5, 0.6) is 0 Å². The summed E-state index contributed by atoms with van der Waals surface area (Å²) in [7, 11) is 0. The normalized spacial score (nSPS) is 17.9. The largest absolute Gasteiger partial charge is 0.381 e. The van der Waals surface area contributed by atoms with Crippen LogP contribution in [0, 0.1) is 5.92 Å². The third kappa shape index (κ3) is 2.03. The highest BCUT2D eigenvalue weighted by atomic mass is 16.5. The number of nitrogens with two attached hydrogens (primary N) is 1. The van der Waals surface area contributed by atoms with E-state index < -0.39 is 0 Å². The summed E-state index contributed by atoms with van der Waals surface area (Å²) in [5, 5.41) is 7.97. The van der Waals surface area contributed by atoms with Gasteiger partial charge in [-0.1, -0.05) is 54.6 Å². The molecule has 4 aromatic carbocycles. The van der Waals surface area contributed by atoms with Crippen LogP contribution in [-0.2, 0) is 4.74 Å². The molecule has 5 rings (SSSR count). The first-order chi connectivity index (χ1) is 11.8. The predicted molar refractivity (Wildman–Crippen MR) is 101 cm³/mol. The van der Waals surface area contributed by atoms with Crippen molar-refractivity contribution in [3.8, 4) is 0 Å². The molecule has 1 saturated heterocycles. The van der Waals surface area contributed by atoms with Gasteiger partial charge in [0.25, 0.3) is 0 Å². The van der Waals surface area contributed by atoms with Crippen LogP contribution in [0.1, 0.15) is 24.4 Å². The van der Waals surface area contributed by atoms with Crippen molar-refractivity contribution in [3.05, 3.63) is 60.2 Å². The van der Waals surface area contributed by atoms with Crippen LogP contribution in [0.25, 0.3) is 32.3 Å². The lowest BCUT2D eigenvalue weighted by Gasteiger charge is -2.29. The summed E-state index contributed by atoms with van der Waals surface area (Å²) in [5.74, 6) is 0.511. The molecule has 24 heavy (non-hydrogen) atoms. The average Bonchev–Trinajstić information content (AvgIpc) is 2.66. The van der Waals surface area contributed by atoms with Crippen LogP contribution < -0.4 is 5.73 Å². The van der Waals surface area contributed by atoms with Gasteiger partial charge in [0.15, 0.2) is 0 Å². The van der Waals surface area contributed by atoms with Crippen molar-refractivity contribution in [2.45, 2.75) is 18.9 Å². The van der Waals surface area contributed by atoms with Crippen molar-refractivity contribution in [2.75, 3.05) is 13.2 Å². The Hall–Kier alpha value is -2.16. The minimum Gasteiger partial charge on any atom is -0.381 e. The molecule has 0 radical (unpaired) electrons. The monoisotopic (exact) mass is 315 g/mol. The first-order valence-electron chi connectivity index (χ1n) is 8.83. The summed E-state index contributed by atoms with van der Waals surface area (Å²) in [6.07, 6.45) is 2.12. The maximum Gasteiger partial charge on any atom is 0.0469 e. The summed E-state index contributed by atoms with van der Waals surface area (Å²) in [6, 6.07) is 20.1. The Labute approximate surface area is 141 Å². The molecular formula is C22H21NO. The lowest BCUT2D eigenvalue weighted by Crippen LogP contribution is -2.27. The first kappa shape index (κ1) is 14.2. The highest BCUT2D eigenvalue weighted by Crippen LogP contribution is 2.39. The Balaban J connectivity index is 1.77. The second kappa shape index (κ2) is 5.44.